The van der Waals surface area contributed by atoms with Gasteiger partial charge in [0.05, 0.1) is 10.6 Å². The summed E-state index contributed by atoms with van der Waals surface area (Å²) in [5, 5.41) is 7.49. The number of carbonyl (C=O) groups is 2. The minimum atomic E-state index is -3.82. The number of nitrogens with two attached hydrogens (primary N) is 1. The first-order valence-electron chi connectivity index (χ1n) is 8.02. The molecule has 0 aliphatic heterocycles. The summed E-state index contributed by atoms with van der Waals surface area (Å²) in [7, 11) is -3.82. The van der Waals surface area contributed by atoms with Gasteiger partial charge in [0, 0.05) is 18.4 Å². The van der Waals surface area contributed by atoms with E-state index in [2.05, 4.69) is 5.32 Å². The van der Waals surface area contributed by atoms with E-state index in [9.17, 15) is 18.0 Å². The largest absolute Gasteiger partial charge is 0.340 e. The Labute approximate surface area is 156 Å². The number of nitrogens with one attached hydrogen (secondary N) is 1. The number of aromatic nitrogens is 1. The van der Waals surface area contributed by atoms with Gasteiger partial charge in [-0.2, -0.15) is 0 Å². The molecule has 0 aliphatic carbocycles. The lowest BCUT2D eigenvalue weighted by Crippen LogP contribution is -2.25. The number of hydrogen-bond acceptors (Lipinski definition) is 4. The van der Waals surface area contributed by atoms with Gasteiger partial charge in [0.25, 0.3) is 11.7 Å². The molecule has 3 aromatic rings. The Balaban J connectivity index is 1.73. The lowest BCUT2D eigenvalue weighted by atomic mass is 10.2. The number of Topliss-reactive ketones (excluding diaryl/α,β-unsaturated/α-hetero) is 1. The first-order valence-corrected chi connectivity index (χ1v) is 9.57. The summed E-state index contributed by atoms with van der Waals surface area (Å²) >= 11 is 0. The topological polar surface area (TPSA) is 111 Å². The highest BCUT2D eigenvalue weighted by molar-refractivity contribution is 7.89. The predicted molar refractivity (Wildman–Crippen MR) is 101 cm³/mol. The summed E-state index contributed by atoms with van der Waals surface area (Å²) in [6.07, 6.45) is 1.73. The van der Waals surface area contributed by atoms with Gasteiger partial charge in [-0.25, -0.2) is 13.6 Å². The van der Waals surface area contributed by atoms with E-state index < -0.39 is 21.7 Å². The van der Waals surface area contributed by atoms with Crippen LogP contribution in [0.4, 0.5) is 5.69 Å². The number of nitrogens with zero attached hydrogens (tertiary/aromatic N) is 1. The van der Waals surface area contributed by atoms with Crippen LogP contribution in [0.25, 0.3) is 0 Å². The summed E-state index contributed by atoms with van der Waals surface area (Å²) < 4.78 is 24.2. The molecule has 3 N–H and O–H groups in total. The summed E-state index contributed by atoms with van der Waals surface area (Å²) in [5.74, 6) is -1.50. The van der Waals surface area contributed by atoms with Crippen LogP contribution in [-0.2, 0) is 21.4 Å². The fourth-order valence-corrected chi connectivity index (χ4v) is 3.09. The fraction of sp³-hybridized carbons (Fsp3) is 0.0526. The monoisotopic (exact) mass is 383 g/mol. The van der Waals surface area contributed by atoms with Gasteiger partial charge in [-0.15, -0.1) is 0 Å². The van der Waals surface area contributed by atoms with Crippen LogP contribution in [0.2, 0.25) is 0 Å². The van der Waals surface area contributed by atoms with Gasteiger partial charge in [0.15, 0.2) is 0 Å². The molecule has 0 saturated heterocycles. The zero-order chi connectivity index (χ0) is 19.4. The van der Waals surface area contributed by atoms with Gasteiger partial charge < -0.3 is 9.88 Å². The minimum Gasteiger partial charge on any atom is -0.340 e. The molecule has 0 fully saturated rings. The quantitative estimate of drug-likeness (QED) is 0.501. The standard InChI is InChI=1S/C19H17N3O4S/c20-27(25,26)16-10-8-15(9-11-16)21-19(24)18(23)17-7-4-12-22(17)13-14-5-2-1-3-6-14/h1-12H,13H2,(H,21,24)(H2,20,25,26). The number of rotatable bonds is 6. The van der Waals surface area contributed by atoms with Crippen molar-refractivity contribution in [2.75, 3.05) is 5.32 Å². The van der Waals surface area contributed by atoms with E-state index in [1.165, 1.54) is 24.3 Å². The summed E-state index contributed by atoms with van der Waals surface area (Å²) in [5.41, 5.74) is 1.56. The van der Waals surface area contributed by atoms with Crippen molar-refractivity contribution in [3.8, 4) is 0 Å². The molecule has 27 heavy (non-hydrogen) atoms. The second-order valence-electron chi connectivity index (χ2n) is 5.86. The first-order chi connectivity index (χ1) is 12.8. The van der Waals surface area contributed by atoms with Crippen molar-refractivity contribution in [2.45, 2.75) is 11.4 Å². The van der Waals surface area contributed by atoms with Gasteiger partial charge >= 0.3 is 0 Å². The maximum absolute atomic E-state index is 12.5. The second-order valence-corrected chi connectivity index (χ2v) is 7.42. The van der Waals surface area contributed by atoms with Crippen LogP contribution in [0.3, 0.4) is 0 Å². The summed E-state index contributed by atoms with van der Waals surface area (Å²) in [6.45, 7) is 0.464. The molecule has 0 unspecified atom stereocenters. The van der Waals surface area contributed by atoms with Crippen molar-refractivity contribution in [3.05, 3.63) is 84.2 Å². The molecule has 1 amide bonds. The molecule has 0 atom stereocenters. The molecule has 1 heterocycles. The number of anilines is 1. The first kappa shape index (κ1) is 18.6. The maximum atomic E-state index is 12.5. The average molecular weight is 383 g/mol. The van der Waals surface area contributed by atoms with E-state index >= 15 is 0 Å². The Hall–Kier alpha value is -3.23. The van der Waals surface area contributed by atoms with Crippen LogP contribution in [0, 0.1) is 0 Å². The lowest BCUT2D eigenvalue weighted by Gasteiger charge is -2.09. The van der Waals surface area contributed by atoms with Gasteiger partial charge in [-0.05, 0) is 42.0 Å². The third kappa shape index (κ3) is 4.49. The fourth-order valence-electron chi connectivity index (χ4n) is 2.57. The smallest absolute Gasteiger partial charge is 0.298 e. The third-order valence-corrected chi connectivity index (χ3v) is 4.83. The van der Waals surface area contributed by atoms with Crippen LogP contribution in [-0.4, -0.2) is 24.7 Å². The Morgan fingerprint density at radius 2 is 1.59 bits per heavy atom. The van der Waals surface area contributed by atoms with E-state index in [4.69, 9.17) is 5.14 Å². The molecule has 7 nitrogen and oxygen atoms in total. The number of sulfonamides is 1. The molecule has 0 radical (unpaired) electrons. The van der Waals surface area contributed by atoms with Gasteiger partial charge in [-0.1, -0.05) is 30.3 Å². The van der Waals surface area contributed by atoms with E-state index in [1.54, 1.807) is 22.9 Å². The van der Waals surface area contributed by atoms with E-state index in [0.29, 0.717) is 12.2 Å². The molecule has 0 spiro atoms. The highest BCUT2D eigenvalue weighted by atomic mass is 32.2. The number of benzene rings is 2. The number of carbonyl (C=O) groups excluding carboxylic acids is 2. The highest BCUT2D eigenvalue weighted by Crippen LogP contribution is 2.14. The maximum Gasteiger partial charge on any atom is 0.298 e. The molecule has 0 bridgehead atoms. The molecule has 1 aromatic heterocycles. The molecule has 0 saturated carbocycles. The molecule has 8 heteroatoms. The zero-order valence-electron chi connectivity index (χ0n) is 14.2. The molecule has 2 aromatic carbocycles. The van der Waals surface area contributed by atoms with Crippen molar-refractivity contribution in [2.24, 2.45) is 5.14 Å². The molecule has 0 aliphatic rings. The second kappa shape index (κ2) is 7.56. The Kier molecular flexibility index (Phi) is 5.20. The SMILES string of the molecule is NS(=O)(=O)c1ccc(NC(=O)C(=O)c2cccn2Cc2ccccc2)cc1. The van der Waals surface area contributed by atoms with Crippen LogP contribution < -0.4 is 10.5 Å². The number of hydrogen-bond donors (Lipinski definition) is 2. The van der Waals surface area contributed by atoms with Gasteiger partial charge in [0.1, 0.15) is 0 Å². The number of amides is 1. The van der Waals surface area contributed by atoms with Crippen molar-refractivity contribution in [3.63, 3.8) is 0 Å². The van der Waals surface area contributed by atoms with Crippen LogP contribution >= 0.6 is 0 Å². The average Bonchev–Trinajstić information content (AvgIpc) is 3.09. The van der Waals surface area contributed by atoms with Crippen LogP contribution in [0.1, 0.15) is 16.1 Å². The Morgan fingerprint density at radius 1 is 0.926 bits per heavy atom. The normalized spacial score (nSPS) is 11.1. The highest BCUT2D eigenvalue weighted by Gasteiger charge is 2.20. The van der Waals surface area contributed by atoms with Crippen LogP contribution in [0.15, 0.2) is 77.8 Å². The molecule has 3 rings (SSSR count). The Bertz CT molecular complexity index is 1070. The molecule has 138 valence electrons. The number of primary sulfonamides is 1. The lowest BCUT2D eigenvalue weighted by molar-refractivity contribution is -0.112. The van der Waals surface area contributed by atoms with Crippen LogP contribution in [0.5, 0.6) is 0 Å². The van der Waals surface area contributed by atoms with E-state index in [-0.39, 0.29) is 10.6 Å². The summed E-state index contributed by atoms with van der Waals surface area (Å²) in [6, 6.07) is 18.1. The minimum absolute atomic E-state index is 0.0800. The summed E-state index contributed by atoms with van der Waals surface area (Å²) in [4.78, 5) is 24.7. The van der Waals surface area contributed by atoms with Crippen molar-refractivity contribution in [1.29, 1.82) is 0 Å². The van der Waals surface area contributed by atoms with Crippen molar-refractivity contribution >= 4 is 27.4 Å². The number of ketones is 1. The molecular formula is C19H17N3O4S. The molecular weight excluding hydrogens is 366 g/mol. The van der Waals surface area contributed by atoms with E-state index in [0.717, 1.165) is 5.56 Å². The zero-order valence-corrected chi connectivity index (χ0v) is 15.0. The van der Waals surface area contributed by atoms with Crippen molar-refractivity contribution < 1.29 is 18.0 Å². The van der Waals surface area contributed by atoms with E-state index in [1.807, 2.05) is 30.3 Å². The van der Waals surface area contributed by atoms with Crippen molar-refractivity contribution in [1.82, 2.24) is 4.57 Å². The van der Waals surface area contributed by atoms with Gasteiger partial charge in [-0.3, -0.25) is 9.59 Å². The third-order valence-electron chi connectivity index (χ3n) is 3.90. The van der Waals surface area contributed by atoms with Gasteiger partial charge in [0.2, 0.25) is 10.0 Å². The predicted octanol–water partition coefficient (Wildman–Crippen LogP) is 2.01. The Morgan fingerprint density at radius 3 is 2.22 bits per heavy atom.